The van der Waals surface area contributed by atoms with Crippen molar-refractivity contribution in [1.29, 1.82) is 0 Å². The fourth-order valence-corrected chi connectivity index (χ4v) is 5.64. The van der Waals surface area contributed by atoms with Gasteiger partial charge >= 0.3 is 6.09 Å². The van der Waals surface area contributed by atoms with E-state index in [2.05, 4.69) is 5.32 Å². The number of primary amides is 1. The topological polar surface area (TPSA) is 146 Å². The van der Waals surface area contributed by atoms with Crippen molar-refractivity contribution in [2.75, 3.05) is 13.7 Å². The van der Waals surface area contributed by atoms with Crippen molar-refractivity contribution in [2.45, 2.75) is 90.0 Å². The van der Waals surface area contributed by atoms with Gasteiger partial charge in [-0.3, -0.25) is 9.59 Å². The summed E-state index contributed by atoms with van der Waals surface area (Å²) in [6, 6.07) is 3.73. The van der Waals surface area contributed by atoms with Crippen molar-refractivity contribution >= 4 is 28.9 Å². The van der Waals surface area contributed by atoms with Crippen LogP contribution in [0.5, 0.6) is 11.6 Å². The number of hydrogen-bond acceptors (Lipinski definition) is 8. The second-order valence-corrected chi connectivity index (χ2v) is 12.2. The minimum atomic E-state index is -0.917. The number of nitrogens with two attached hydrogens (primary N) is 1. The minimum absolute atomic E-state index is 0.123. The van der Waals surface area contributed by atoms with E-state index in [0.717, 1.165) is 43.3 Å². The maximum Gasteiger partial charge on any atom is 0.408 e. The molecule has 3 aliphatic rings. The first kappa shape index (κ1) is 27.9. The molecule has 3 N–H and O–H groups in total. The average molecular weight is 554 g/mol. The molecule has 11 heteroatoms. The zero-order valence-electron chi connectivity index (χ0n) is 23.6. The molecule has 2 bridgehead atoms. The van der Waals surface area contributed by atoms with E-state index in [9.17, 15) is 14.4 Å². The van der Waals surface area contributed by atoms with Gasteiger partial charge in [0.15, 0.2) is 0 Å². The van der Waals surface area contributed by atoms with Crippen LogP contribution in [0.15, 0.2) is 18.2 Å². The summed E-state index contributed by atoms with van der Waals surface area (Å²) in [4.78, 5) is 50.2. The molecule has 0 radical (unpaired) electrons. The molecule has 0 spiro atoms. The molecule has 5 atom stereocenters. The number of ether oxygens (including phenoxy) is 3. The van der Waals surface area contributed by atoms with Crippen LogP contribution in [0.3, 0.4) is 0 Å². The SMILES string of the molecule is COc1ccc2nc3c(nc2c1)OC1C[C@@H](C(N)=O)N(C1)C(=O)[C@H](C(C)(C)C)NC(=O)O[C@@H]1C[C@H]1CCCCC3. The summed E-state index contributed by atoms with van der Waals surface area (Å²) < 4.78 is 17.4. The van der Waals surface area contributed by atoms with E-state index >= 15 is 0 Å². The first-order valence-corrected chi connectivity index (χ1v) is 14.1. The maximum atomic E-state index is 13.8. The minimum Gasteiger partial charge on any atom is -0.497 e. The summed E-state index contributed by atoms with van der Waals surface area (Å²) in [5, 5.41) is 2.78. The van der Waals surface area contributed by atoms with Crippen LogP contribution in [0.2, 0.25) is 0 Å². The summed E-state index contributed by atoms with van der Waals surface area (Å²) in [6.07, 6.45) is 4.33. The highest BCUT2D eigenvalue weighted by Crippen LogP contribution is 2.39. The molecule has 1 saturated heterocycles. The Morgan fingerprint density at radius 1 is 1.10 bits per heavy atom. The van der Waals surface area contributed by atoms with E-state index in [1.54, 1.807) is 13.2 Å². The van der Waals surface area contributed by atoms with Gasteiger partial charge in [0.05, 0.1) is 24.7 Å². The first-order chi connectivity index (χ1) is 19.0. The number of alkyl carbamates (subject to hydrolysis) is 1. The molecule has 3 amide bonds. The van der Waals surface area contributed by atoms with Crippen LogP contribution in [-0.2, 0) is 20.7 Å². The second-order valence-electron chi connectivity index (χ2n) is 12.2. The number of carbonyl (C=O) groups excluding carboxylic acids is 3. The van der Waals surface area contributed by atoms with Gasteiger partial charge in [-0.15, -0.1) is 0 Å². The molecule has 11 nitrogen and oxygen atoms in total. The number of methoxy groups -OCH3 is 1. The number of nitrogens with zero attached hydrogens (tertiary/aromatic N) is 3. The highest BCUT2D eigenvalue weighted by molar-refractivity contribution is 5.92. The van der Waals surface area contributed by atoms with E-state index in [4.69, 9.17) is 29.9 Å². The number of amides is 3. The van der Waals surface area contributed by atoms with Gasteiger partial charge in [0, 0.05) is 12.5 Å². The fraction of sp³-hybridized carbons (Fsp3) is 0.621. The average Bonchev–Trinajstić information content (AvgIpc) is 3.48. The maximum absolute atomic E-state index is 13.8. The number of benzene rings is 1. The van der Waals surface area contributed by atoms with Crippen molar-refractivity contribution in [3.8, 4) is 11.6 Å². The molecule has 1 aromatic carbocycles. The van der Waals surface area contributed by atoms with Crippen LogP contribution in [-0.4, -0.2) is 70.7 Å². The molecule has 1 unspecified atom stereocenters. The third kappa shape index (κ3) is 6.08. The van der Waals surface area contributed by atoms with Gasteiger partial charge in [-0.2, -0.15) is 0 Å². The van der Waals surface area contributed by atoms with Gasteiger partial charge in [-0.05, 0) is 49.1 Å². The normalized spacial score (nSPS) is 27.8. The van der Waals surface area contributed by atoms with E-state index in [0.29, 0.717) is 29.5 Å². The Labute approximate surface area is 234 Å². The number of carbonyl (C=O) groups is 3. The lowest BCUT2D eigenvalue weighted by Crippen LogP contribution is -2.57. The largest absolute Gasteiger partial charge is 0.497 e. The van der Waals surface area contributed by atoms with E-state index in [-0.39, 0.29) is 19.1 Å². The Morgan fingerprint density at radius 3 is 2.62 bits per heavy atom. The van der Waals surface area contributed by atoms with E-state index in [1.807, 2.05) is 32.9 Å². The zero-order chi connectivity index (χ0) is 28.6. The van der Waals surface area contributed by atoms with Crippen LogP contribution < -0.4 is 20.5 Å². The van der Waals surface area contributed by atoms with Crippen molar-refractivity contribution < 1.29 is 28.6 Å². The molecule has 2 aromatic rings. The molecule has 3 heterocycles. The van der Waals surface area contributed by atoms with Crippen LogP contribution >= 0.6 is 0 Å². The molecule has 5 rings (SSSR count). The van der Waals surface area contributed by atoms with Crippen molar-refractivity contribution in [2.24, 2.45) is 17.1 Å². The van der Waals surface area contributed by atoms with E-state index in [1.165, 1.54) is 4.90 Å². The lowest BCUT2D eigenvalue weighted by Gasteiger charge is -2.34. The van der Waals surface area contributed by atoms with Gasteiger partial charge in [0.1, 0.15) is 35.7 Å². The molecule has 40 heavy (non-hydrogen) atoms. The molecule has 216 valence electrons. The smallest absolute Gasteiger partial charge is 0.408 e. The molecule has 2 fully saturated rings. The summed E-state index contributed by atoms with van der Waals surface area (Å²) in [5.41, 5.74) is 7.22. The summed E-state index contributed by atoms with van der Waals surface area (Å²) in [7, 11) is 1.59. The Kier molecular flexibility index (Phi) is 7.74. The number of fused-ring (bicyclic) bond motifs is 5. The summed E-state index contributed by atoms with van der Waals surface area (Å²) in [6.45, 7) is 5.70. The van der Waals surface area contributed by atoms with E-state index < -0.39 is 41.5 Å². The monoisotopic (exact) mass is 553 g/mol. The molecule has 2 aliphatic heterocycles. The van der Waals surface area contributed by atoms with Crippen molar-refractivity contribution in [3.63, 3.8) is 0 Å². The molecular formula is C29H39N5O6. The highest BCUT2D eigenvalue weighted by atomic mass is 16.6. The van der Waals surface area contributed by atoms with Gasteiger partial charge in [-0.1, -0.05) is 33.6 Å². The van der Waals surface area contributed by atoms with Crippen LogP contribution in [0.4, 0.5) is 4.79 Å². The number of hydrogen-bond donors (Lipinski definition) is 2. The number of rotatable bonds is 2. The van der Waals surface area contributed by atoms with Crippen LogP contribution in [0, 0.1) is 11.3 Å². The quantitative estimate of drug-likeness (QED) is 0.577. The van der Waals surface area contributed by atoms with Crippen LogP contribution in [0.1, 0.15) is 65.0 Å². The third-order valence-corrected chi connectivity index (χ3v) is 8.04. The zero-order valence-corrected chi connectivity index (χ0v) is 23.6. The third-order valence-electron chi connectivity index (χ3n) is 8.04. The number of nitrogens with one attached hydrogen (secondary N) is 1. The summed E-state index contributed by atoms with van der Waals surface area (Å²) >= 11 is 0. The van der Waals surface area contributed by atoms with Gasteiger partial charge < -0.3 is 30.2 Å². The van der Waals surface area contributed by atoms with Gasteiger partial charge in [0.25, 0.3) is 0 Å². The molecule has 1 aliphatic carbocycles. The van der Waals surface area contributed by atoms with Gasteiger partial charge in [0.2, 0.25) is 17.7 Å². The lowest BCUT2D eigenvalue weighted by molar-refractivity contribution is -0.141. The molecule has 1 aromatic heterocycles. The first-order valence-electron chi connectivity index (χ1n) is 14.1. The standard InChI is InChI=1S/C29H39N5O6/c1-29(2,3)24-27(36)34-15-18(14-22(34)25(30)35)39-26-20(31-19-11-10-17(38-4)13-21(19)32-26)9-7-5-6-8-16-12-23(16)40-28(37)33-24/h10-11,13,16,18,22-24H,5-9,12,14-15H2,1-4H3,(H2,30,35)(H,33,37)/t16-,18?,22+,23-,24-/m1/s1. The number of aromatic nitrogens is 2. The Bertz CT molecular complexity index is 1290. The summed E-state index contributed by atoms with van der Waals surface area (Å²) in [5.74, 6) is 0.353. The van der Waals surface area contributed by atoms with Crippen molar-refractivity contribution in [1.82, 2.24) is 20.2 Å². The molecule has 1 saturated carbocycles. The predicted octanol–water partition coefficient (Wildman–Crippen LogP) is 3.12. The van der Waals surface area contributed by atoms with Crippen molar-refractivity contribution in [3.05, 3.63) is 23.9 Å². The molecular weight excluding hydrogens is 514 g/mol. The van der Waals surface area contributed by atoms with Gasteiger partial charge in [-0.25, -0.2) is 14.8 Å². The Balaban J connectivity index is 1.48. The van der Waals surface area contributed by atoms with Crippen LogP contribution in [0.25, 0.3) is 11.0 Å². The second kappa shape index (κ2) is 11.1. The fourth-order valence-electron chi connectivity index (χ4n) is 5.64. The Hall–Kier alpha value is -3.63. The highest BCUT2D eigenvalue weighted by Gasteiger charge is 2.46. The predicted molar refractivity (Wildman–Crippen MR) is 147 cm³/mol. The number of aryl methyl sites for hydroxylation is 1. The Morgan fingerprint density at radius 2 is 1.90 bits per heavy atom. The lowest BCUT2D eigenvalue weighted by atomic mass is 9.85.